The van der Waals surface area contributed by atoms with Crippen molar-refractivity contribution in [2.75, 3.05) is 11.9 Å². The molecule has 0 radical (unpaired) electrons. The molecule has 2 heterocycles. The van der Waals surface area contributed by atoms with E-state index in [1.165, 1.54) is 11.3 Å². The number of amides is 4. The summed E-state index contributed by atoms with van der Waals surface area (Å²) in [6.45, 7) is 1.59. The first-order valence-electron chi connectivity index (χ1n) is 8.38. The minimum Gasteiger partial charge on any atom is -0.319 e. The Morgan fingerprint density at radius 1 is 1.35 bits per heavy atom. The monoisotopic (exact) mass is 371 g/mol. The van der Waals surface area contributed by atoms with E-state index in [2.05, 4.69) is 20.8 Å². The number of fused-ring (bicyclic) bond motifs is 2. The van der Waals surface area contributed by atoms with E-state index in [1.807, 2.05) is 31.2 Å². The highest BCUT2D eigenvalue weighted by molar-refractivity contribution is 7.15. The Morgan fingerprint density at radius 3 is 2.92 bits per heavy atom. The number of benzene rings is 1. The molecular weight excluding hydrogens is 354 g/mol. The second-order valence-electron chi connectivity index (χ2n) is 6.29. The lowest BCUT2D eigenvalue weighted by atomic mass is 9.92. The molecule has 4 amide bonds. The lowest BCUT2D eigenvalue weighted by molar-refractivity contribution is -0.134. The SMILES string of the molecule is CCc1nnc(NC(=O)CN2C(=O)NC3(CCc4ccccc43)C2=O)s1. The number of carbonyl (C=O) groups is 3. The summed E-state index contributed by atoms with van der Waals surface area (Å²) in [6.07, 6.45) is 1.95. The van der Waals surface area contributed by atoms with Crippen molar-refractivity contribution in [3.05, 3.63) is 40.4 Å². The van der Waals surface area contributed by atoms with E-state index in [-0.39, 0.29) is 12.5 Å². The Hall–Kier alpha value is -2.81. The number of aromatic nitrogens is 2. The van der Waals surface area contributed by atoms with Gasteiger partial charge < -0.3 is 5.32 Å². The summed E-state index contributed by atoms with van der Waals surface area (Å²) in [5.41, 5.74) is 0.817. The molecule has 1 spiro atoms. The Bertz CT molecular complexity index is 911. The molecule has 1 fully saturated rings. The lowest BCUT2D eigenvalue weighted by Gasteiger charge is -2.22. The zero-order valence-corrected chi connectivity index (χ0v) is 14.9. The van der Waals surface area contributed by atoms with Gasteiger partial charge in [0.1, 0.15) is 17.1 Å². The quantitative estimate of drug-likeness (QED) is 0.791. The van der Waals surface area contributed by atoms with E-state index in [4.69, 9.17) is 0 Å². The van der Waals surface area contributed by atoms with Gasteiger partial charge >= 0.3 is 6.03 Å². The normalized spacial score (nSPS) is 21.2. The van der Waals surface area contributed by atoms with Crippen LogP contribution in [0, 0.1) is 0 Å². The molecule has 9 heteroatoms. The van der Waals surface area contributed by atoms with Crippen molar-refractivity contribution in [2.45, 2.75) is 31.7 Å². The number of hydrogen-bond donors (Lipinski definition) is 2. The molecule has 1 aliphatic carbocycles. The third-order valence-electron chi connectivity index (χ3n) is 4.74. The van der Waals surface area contributed by atoms with Gasteiger partial charge in [-0.25, -0.2) is 4.79 Å². The zero-order valence-electron chi connectivity index (χ0n) is 14.1. The second kappa shape index (κ2) is 6.17. The van der Waals surface area contributed by atoms with Gasteiger partial charge in [0.25, 0.3) is 5.91 Å². The molecule has 2 aromatic rings. The Labute approximate surface area is 153 Å². The molecule has 4 rings (SSSR count). The topological polar surface area (TPSA) is 104 Å². The maximum Gasteiger partial charge on any atom is 0.325 e. The van der Waals surface area contributed by atoms with Crippen LogP contribution in [0.3, 0.4) is 0 Å². The number of nitrogens with zero attached hydrogens (tertiary/aromatic N) is 3. The minimum atomic E-state index is -1.05. The molecule has 8 nitrogen and oxygen atoms in total. The van der Waals surface area contributed by atoms with E-state index < -0.39 is 17.5 Å². The number of anilines is 1. The van der Waals surface area contributed by atoms with Crippen LogP contribution in [0.5, 0.6) is 0 Å². The average Bonchev–Trinajstić information content (AvgIpc) is 3.30. The number of imide groups is 1. The molecule has 1 aromatic carbocycles. The summed E-state index contributed by atoms with van der Waals surface area (Å²) in [5.74, 6) is -0.857. The highest BCUT2D eigenvalue weighted by Gasteiger charge is 2.55. The molecule has 134 valence electrons. The van der Waals surface area contributed by atoms with Crippen LogP contribution in [0.2, 0.25) is 0 Å². The predicted molar refractivity (Wildman–Crippen MR) is 94.6 cm³/mol. The molecule has 2 N–H and O–H groups in total. The van der Waals surface area contributed by atoms with Gasteiger partial charge in [0, 0.05) is 0 Å². The number of hydrogen-bond acceptors (Lipinski definition) is 6. The van der Waals surface area contributed by atoms with Crippen LogP contribution in [-0.2, 0) is 28.0 Å². The van der Waals surface area contributed by atoms with E-state index in [9.17, 15) is 14.4 Å². The van der Waals surface area contributed by atoms with Crippen LogP contribution < -0.4 is 10.6 Å². The van der Waals surface area contributed by atoms with Gasteiger partial charge in [-0.3, -0.25) is 19.8 Å². The third-order valence-corrected chi connectivity index (χ3v) is 5.72. The molecule has 1 atom stereocenters. The predicted octanol–water partition coefficient (Wildman–Crippen LogP) is 1.43. The Balaban J connectivity index is 1.51. The maximum atomic E-state index is 13.0. The van der Waals surface area contributed by atoms with Gasteiger partial charge in [-0.2, -0.15) is 0 Å². The fraction of sp³-hybridized carbons (Fsp3) is 0.353. The first kappa shape index (κ1) is 16.6. The first-order valence-corrected chi connectivity index (χ1v) is 9.20. The Morgan fingerprint density at radius 2 is 2.15 bits per heavy atom. The molecule has 26 heavy (non-hydrogen) atoms. The maximum absolute atomic E-state index is 13.0. The van der Waals surface area contributed by atoms with Gasteiger partial charge in [-0.1, -0.05) is 42.5 Å². The summed E-state index contributed by atoms with van der Waals surface area (Å²) < 4.78 is 0. The molecule has 0 saturated carbocycles. The molecule has 1 aliphatic heterocycles. The summed E-state index contributed by atoms with van der Waals surface area (Å²) in [7, 11) is 0. The zero-order chi connectivity index (χ0) is 18.3. The number of rotatable bonds is 4. The van der Waals surface area contributed by atoms with E-state index >= 15 is 0 Å². The van der Waals surface area contributed by atoms with Crippen molar-refractivity contribution in [2.24, 2.45) is 0 Å². The van der Waals surface area contributed by atoms with Crippen LogP contribution in [-0.4, -0.2) is 39.5 Å². The van der Waals surface area contributed by atoms with Crippen LogP contribution in [0.4, 0.5) is 9.93 Å². The van der Waals surface area contributed by atoms with Crippen molar-refractivity contribution >= 4 is 34.3 Å². The van der Waals surface area contributed by atoms with Crippen molar-refractivity contribution in [3.8, 4) is 0 Å². The van der Waals surface area contributed by atoms with Crippen molar-refractivity contribution in [1.82, 2.24) is 20.4 Å². The lowest BCUT2D eigenvalue weighted by Crippen LogP contribution is -2.42. The third kappa shape index (κ3) is 2.55. The molecule has 1 aromatic heterocycles. The molecule has 0 bridgehead atoms. The standard InChI is InChI=1S/C17H17N5O3S/c1-2-13-20-21-15(26-13)18-12(23)9-22-14(24)17(19-16(22)25)8-7-10-5-3-4-6-11(10)17/h3-6H,2,7-9H2,1H3,(H,19,25)(H,18,21,23). The second-order valence-corrected chi connectivity index (χ2v) is 7.35. The van der Waals surface area contributed by atoms with Gasteiger partial charge in [-0.05, 0) is 30.4 Å². The minimum absolute atomic E-state index is 0.352. The fourth-order valence-electron chi connectivity index (χ4n) is 3.48. The van der Waals surface area contributed by atoms with Crippen molar-refractivity contribution < 1.29 is 14.4 Å². The van der Waals surface area contributed by atoms with Crippen molar-refractivity contribution in [1.29, 1.82) is 0 Å². The van der Waals surface area contributed by atoms with E-state index in [1.54, 1.807) is 0 Å². The molecule has 1 saturated heterocycles. The smallest absolute Gasteiger partial charge is 0.319 e. The van der Waals surface area contributed by atoms with Crippen LogP contribution in [0.1, 0.15) is 29.5 Å². The summed E-state index contributed by atoms with van der Waals surface area (Å²) in [6, 6.07) is 7.03. The fourth-order valence-corrected chi connectivity index (χ4v) is 4.18. The average molecular weight is 371 g/mol. The summed E-state index contributed by atoms with van der Waals surface area (Å²) in [5, 5.41) is 14.4. The van der Waals surface area contributed by atoms with Gasteiger partial charge in [-0.15, -0.1) is 10.2 Å². The van der Waals surface area contributed by atoms with Crippen molar-refractivity contribution in [3.63, 3.8) is 0 Å². The van der Waals surface area contributed by atoms with E-state index in [0.717, 1.165) is 27.5 Å². The first-order chi connectivity index (χ1) is 12.5. The van der Waals surface area contributed by atoms with Gasteiger partial charge in [0.15, 0.2) is 0 Å². The number of nitrogens with one attached hydrogen (secondary N) is 2. The Kier molecular flexibility index (Phi) is 3.95. The number of aryl methyl sites for hydroxylation is 2. The highest BCUT2D eigenvalue weighted by atomic mass is 32.1. The number of urea groups is 1. The largest absolute Gasteiger partial charge is 0.325 e. The van der Waals surface area contributed by atoms with E-state index in [0.29, 0.717) is 18.0 Å². The highest BCUT2D eigenvalue weighted by Crippen LogP contribution is 2.41. The van der Waals surface area contributed by atoms with Crippen LogP contribution >= 0.6 is 11.3 Å². The number of carbonyl (C=O) groups excluding carboxylic acids is 3. The molecule has 1 unspecified atom stereocenters. The summed E-state index contributed by atoms with van der Waals surface area (Å²) in [4.78, 5) is 38.6. The molecular formula is C17H17N5O3S. The van der Waals surface area contributed by atoms with Gasteiger partial charge in [0.05, 0.1) is 0 Å². The molecule has 2 aliphatic rings. The van der Waals surface area contributed by atoms with Gasteiger partial charge in [0.2, 0.25) is 11.0 Å². The summed E-state index contributed by atoms with van der Waals surface area (Å²) >= 11 is 1.27. The van der Waals surface area contributed by atoms with Crippen LogP contribution in [0.15, 0.2) is 24.3 Å². The van der Waals surface area contributed by atoms with Crippen LogP contribution in [0.25, 0.3) is 0 Å².